The van der Waals surface area contributed by atoms with Gasteiger partial charge >= 0.3 is 60.1 Å². The summed E-state index contributed by atoms with van der Waals surface area (Å²) in [6, 6.07) is 18.0. The summed E-state index contributed by atoms with van der Waals surface area (Å²) in [5.74, 6) is 6.49. The van der Waals surface area contributed by atoms with Crippen LogP contribution in [0.3, 0.4) is 0 Å². The molecule has 9 rings (SSSR count). The largest absolute Gasteiger partial charge is 0.466 e. The number of ketones is 1. The average Bonchev–Trinajstić information content (AvgIpc) is 1.41. The molecule has 118 heavy (non-hydrogen) atoms. The Hall–Kier alpha value is -11.9. The summed E-state index contributed by atoms with van der Waals surface area (Å²) in [5.41, 5.74) is 4.85. The quantitative estimate of drug-likeness (QED) is 0.00669. The van der Waals surface area contributed by atoms with Gasteiger partial charge in [0.15, 0.2) is 5.82 Å². The second-order valence-corrected chi connectivity index (χ2v) is 29.9. The molecule has 9 N–H and O–H groups in total. The highest BCUT2D eigenvalue weighted by Crippen LogP contribution is 2.42. The van der Waals surface area contributed by atoms with Crippen molar-refractivity contribution in [1.29, 1.82) is 0 Å². The van der Waals surface area contributed by atoms with E-state index in [1.54, 1.807) is 147 Å². The van der Waals surface area contributed by atoms with Gasteiger partial charge < -0.3 is 58.2 Å². The van der Waals surface area contributed by atoms with E-state index in [4.69, 9.17) is 49.5 Å². The minimum atomic E-state index is -3.13. The monoisotopic (exact) mass is 1860 g/mol. The van der Waals surface area contributed by atoms with Crippen LogP contribution < -0.4 is 44.1 Å². The van der Waals surface area contributed by atoms with Crippen molar-refractivity contribution in [2.75, 3.05) is 68.4 Å². The number of nitrogens with zero attached hydrogens (tertiary/aromatic N) is 11. The van der Waals surface area contributed by atoms with Gasteiger partial charge in [0, 0.05) is 60.9 Å². The zero-order valence-corrected chi connectivity index (χ0v) is 73.3. The summed E-state index contributed by atoms with van der Waals surface area (Å²) >= 11 is 9.37. The maximum absolute atomic E-state index is 12.6. The normalized spacial score (nSPS) is 10.5. The van der Waals surface area contributed by atoms with E-state index in [9.17, 15) is 62.1 Å². The standard InChI is InChI=1S/C13H18BrN3O5.C12H12NO2P.C11H16BrN3O4.C11H17N3O4.C9H8BrN3O3.C6H9N3O2.C6H8N2O2.C4H8O2/c1-5-21-10(19)6-8(18)11-15-9(14)7-17(11)16-12(20)22-13(2,3)4;13-15-16(14,11-7-3-1-4-8-11)12-9-5-2-6-10-12;1-5-18-9(16)8-13-7(12)6-15(8)14-10(17)19-11(2,3)4;1-5-17-9(15)8-12-6-7-14(8)13-10(16)18-11(2,3)4;1-2-16-9(15)5-3-11-13-4-6(10)12-8(13)7(5)14;1-2-11-6(10)5-8-3-4-9(5)7;1-2-10-6(9)5-7-3-4-8-5;1-3-6-4(2)5/h7H,5-6H2,1-4H3,(H,16,20);1-10H,13H2;6H,5H2,1-4H3,(H,14,17);6-7H,5H2,1-4H3,(H,13,16);3-4,11H,2H2,1H3;3-4H,2,7H2,1H3;3-4H,2H2,1H3,(H,7,8);3H2,1-2H3. The molecule has 0 aliphatic carbocycles. The van der Waals surface area contributed by atoms with E-state index in [2.05, 4.69) is 118 Å². The van der Waals surface area contributed by atoms with Gasteiger partial charge in [-0.25, -0.2) is 118 Å². The lowest BCUT2D eigenvalue weighted by Gasteiger charge is -2.20. The van der Waals surface area contributed by atoms with Crippen molar-refractivity contribution in [3.05, 3.63) is 181 Å². The number of hydrogen-bond acceptors (Lipinski definition) is 32. The Labute approximate surface area is 702 Å². The molecule has 0 saturated carbocycles. The summed E-state index contributed by atoms with van der Waals surface area (Å²) < 4.78 is 72.6. The number of halogens is 3. The SMILES string of the molecule is CCOC(=O)CC(=O)c1nc(Br)cn1NC(=O)OC(C)(C)C.CCOC(=O)c1c[nH]n2cc(Br)nc2c1=O.CCOC(=O)c1nc(Br)cn1NC(=O)OC(C)(C)C.CCOC(=O)c1ncc[nH]1.CCOC(=O)c1nccn1N.CCOC(=O)c1nccn1NC(=O)OC(C)(C)C.CCOC(C)=O.NOP(=O)(c1ccccc1)c1ccccc1. The summed E-state index contributed by atoms with van der Waals surface area (Å²) in [4.78, 5) is 162. The van der Waals surface area contributed by atoms with E-state index in [1.807, 2.05) is 36.4 Å². The molecule has 0 saturated heterocycles. The Morgan fingerprint density at radius 2 is 0.898 bits per heavy atom. The third-order valence-corrected chi connectivity index (χ3v) is 15.7. The summed E-state index contributed by atoms with van der Waals surface area (Å²) in [5, 5.41) is 3.95. The number of carbonyl (C=O) groups is 11. The molecule has 0 fully saturated rings. The highest BCUT2D eigenvalue weighted by atomic mass is 79.9. The zero-order chi connectivity index (χ0) is 89.1. The second-order valence-electron chi connectivity index (χ2n) is 25.1. The van der Waals surface area contributed by atoms with Crippen molar-refractivity contribution in [2.45, 2.75) is 141 Å². The van der Waals surface area contributed by atoms with Crippen LogP contribution >= 0.6 is 55.2 Å². The van der Waals surface area contributed by atoms with Gasteiger partial charge in [0.1, 0.15) is 42.6 Å². The molecule has 0 bridgehead atoms. The second kappa shape index (κ2) is 51.2. The number of amides is 3. The van der Waals surface area contributed by atoms with Gasteiger partial charge in [-0.05, 0) is 183 Å². The number of aromatic nitrogens is 13. The molecule has 9 aromatic rings. The third kappa shape index (κ3) is 37.8. The van der Waals surface area contributed by atoms with Crippen molar-refractivity contribution < 1.29 is 109 Å². The number of nitrogen functional groups attached to an aromatic ring is 1. The lowest BCUT2D eigenvalue weighted by Crippen LogP contribution is -2.33. The first-order chi connectivity index (χ1) is 55.4. The Balaban J connectivity index is 0.000000466. The molecule has 46 heteroatoms. The molecule has 0 spiro atoms. The van der Waals surface area contributed by atoms with Gasteiger partial charge in [-0.15, -0.1) is 0 Å². The van der Waals surface area contributed by atoms with Crippen LogP contribution in [0.1, 0.15) is 188 Å². The maximum Gasteiger partial charge on any atom is 0.427 e. The first-order valence-electron chi connectivity index (χ1n) is 35.3. The average molecular weight is 1870 g/mol. The number of rotatable bonds is 21. The molecule has 7 heterocycles. The van der Waals surface area contributed by atoms with Crippen LogP contribution in [0.4, 0.5) is 14.4 Å². The van der Waals surface area contributed by atoms with Crippen LogP contribution in [0.25, 0.3) is 5.65 Å². The fraction of sp³-hybridized carbons (Fsp3) is 0.389. The zero-order valence-electron chi connectivity index (χ0n) is 67.7. The van der Waals surface area contributed by atoms with Crippen LogP contribution in [0.15, 0.2) is 141 Å². The molecule has 3 amide bonds. The van der Waals surface area contributed by atoms with Gasteiger partial charge in [0.25, 0.3) is 7.37 Å². The Morgan fingerprint density at radius 3 is 1.31 bits per heavy atom. The molecule has 0 atom stereocenters. The van der Waals surface area contributed by atoms with E-state index in [0.29, 0.717) is 44.2 Å². The molecular formula is C72H96Br3N18O24P. The first-order valence-corrected chi connectivity index (χ1v) is 39.3. The Bertz CT molecular complexity index is 4770. The number of esters is 7. The Morgan fingerprint density at radius 1 is 0.492 bits per heavy atom. The number of aromatic amines is 2. The molecule has 0 aliphatic rings. The van der Waals surface area contributed by atoms with Crippen molar-refractivity contribution in [3.8, 4) is 0 Å². The number of nitrogens with two attached hydrogens (primary N) is 2. The molecular weight excluding hydrogens is 1770 g/mol. The molecule has 0 aliphatic heterocycles. The highest BCUT2D eigenvalue weighted by molar-refractivity contribution is 9.11. The summed E-state index contributed by atoms with van der Waals surface area (Å²) in [6.45, 7) is 31.0. The highest BCUT2D eigenvalue weighted by Gasteiger charge is 2.29. The minimum Gasteiger partial charge on any atom is -0.466 e. The number of hydrogen-bond donors (Lipinski definition) is 7. The molecule has 0 unspecified atom stereocenters. The van der Waals surface area contributed by atoms with Gasteiger partial charge in [0.2, 0.25) is 40.2 Å². The lowest BCUT2D eigenvalue weighted by molar-refractivity contribution is -0.142. The number of benzene rings is 2. The molecule has 7 aromatic heterocycles. The molecule has 0 radical (unpaired) electrons. The van der Waals surface area contributed by atoms with E-state index in [0.717, 1.165) is 18.7 Å². The fourth-order valence-corrected chi connectivity index (χ4v) is 10.8. The number of ether oxygens (including phenoxy) is 10. The van der Waals surface area contributed by atoms with Gasteiger partial charge in [-0.3, -0.25) is 28.8 Å². The lowest BCUT2D eigenvalue weighted by atomic mass is 10.2. The predicted octanol–water partition coefficient (Wildman–Crippen LogP) is 9.80. The number of fused-ring (bicyclic) bond motifs is 1. The van der Waals surface area contributed by atoms with Gasteiger partial charge in [-0.1, -0.05) is 36.4 Å². The third-order valence-electron chi connectivity index (χ3n) is 12.4. The van der Waals surface area contributed by atoms with Crippen LogP contribution in [-0.2, 0) is 66.1 Å². The van der Waals surface area contributed by atoms with Crippen molar-refractivity contribution in [2.24, 2.45) is 5.90 Å². The predicted molar refractivity (Wildman–Crippen MR) is 436 cm³/mol. The van der Waals surface area contributed by atoms with E-state index < -0.39 is 95.9 Å². The summed E-state index contributed by atoms with van der Waals surface area (Å²) in [7, 11) is -3.13. The number of H-pyrrole nitrogens is 2. The fourth-order valence-electron chi connectivity index (χ4n) is 8.03. The van der Waals surface area contributed by atoms with E-state index >= 15 is 0 Å². The van der Waals surface area contributed by atoms with Crippen LogP contribution in [-0.4, -0.2) is 192 Å². The van der Waals surface area contributed by atoms with Gasteiger partial charge in [0.05, 0.1) is 64.8 Å². The van der Waals surface area contributed by atoms with Crippen molar-refractivity contribution >= 4 is 137 Å². The molecule has 644 valence electrons. The van der Waals surface area contributed by atoms with E-state index in [-0.39, 0.29) is 72.7 Å². The van der Waals surface area contributed by atoms with E-state index in [1.165, 1.54) is 61.0 Å². The number of imidazole rings is 6. The van der Waals surface area contributed by atoms with Crippen LogP contribution in [0.5, 0.6) is 0 Å². The van der Waals surface area contributed by atoms with Crippen molar-refractivity contribution in [3.63, 3.8) is 0 Å². The smallest absolute Gasteiger partial charge is 0.427 e. The van der Waals surface area contributed by atoms with Crippen LogP contribution in [0.2, 0.25) is 0 Å². The molecule has 2 aromatic carbocycles. The molecule has 42 nitrogen and oxygen atoms in total. The number of nitrogens with one attached hydrogen (secondary N) is 5. The number of carbonyl (C=O) groups excluding carboxylic acids is 11. The maximum atomic E-state index is 12.6. The Kier molecular flexibility index (Phi) is 44.3. The first kappa shape index (κ1) is 102. The minimum absolute atomic E-state index is 0.0114. The topological polar surface area (TPSA) is 545 Å². The van der Waals surface area contributed by atoms with Crippen molar-refractivity contribution in [1.82, 2.24) is 63.2 Å². The number of Topliss-reactive ketones (excluding diaryl/α,β-unsaturated/α-hetero) is 1. The summed E-state index contributed by atoms with van der Waals surface area (Å²) in [6.07, 6.45) is 11.9. The van der Waals surface area contributed by atoms with Crippen LogP contribution in [0, 0.1) is 0 Å². The van der Waals surface area contributed by atoms with Gasteiger partial charge in [-0.2, -0.15) is 0 Å².